The lowest BCUT2D eigenvalue weighted by molar-refractivity contribution is -0.144. The second-order valence-electron chi connectivity index (χ2n) is 7.52. The summed E-state index contributed by atoms with van der Waals surface area (Å²) in [5.74, 6) is -0.540. The summed E-state index contributed by atoms with van der Waals surface area (Å²) in [4.78, 5) is 20.1. The maximum absolute atomic E-state index is 12.9. The maximum atomic E-state index is 12.9. The van der Waals surface area contributed by atoms with E-state index in [4.69, 9.17) is 0 Å². The van der Waals surface area contributed by atoms with Crippen LogP contribution in [0.4, 0.5) is 13.2 Å². The van der Waals surface area contributed by atoms with Crippen molar-refractivity contribution in [2.24, 2.45) is 11.8 Å². The highest BCUT2D eigenvalue weighted by Crippen LogP contribution is 2.30. The van der Waals surface area contributed by atoms with E-state index in [-0.39, 0.29) is 24.1 Å². The van der Waals surface area contributed by atoms with Gasteiger partial charge in [-0.25, -0.2) is 9.50 Å². The van der Waals surface area contributed by atoms with Crippen molar-refractivity contribution >= 4 is 11.7 Å². The van der Waals surface area contributed by atoms with Gasteiger partial charge in [0.25, 0.3) is 11.6 Å². The minimum atomic E-state index is -4.64. The lowest BCUT2D eigenvalue weighted by atomic mass is 9.78. The van der Waals surface area contributed by atoms with Crippen molar-refractivity contribution in [3.63, 3.8) is 0 Å². The van der Waals surface area contributed by atoms with Crippen molar-refractivity contribution in [2.45, 2.75) is 65.6 Å². The Balaban J connectivity index is 1.83. The first-order valence-corrected chi connectivity index (χ1v) is 9.17. The van der Waals surface area contributed by atoms with Crippen LogP contribution in [0.5, 0.6) is 0 Å². The summed E-state index contributed by atoms with van der Waals surface area (Å²) in [5, 5.41) is 6.60. The van der Waals surface area contributed by atoms with Crippen LogP contribution < -0.4 is 5.32 Å². The third-order valence-electron chi connectivity index (χ3n) is 5.69. The molecule has 2 aromatic rings. The minimum Gasteiger partial charge on any atom is -0.353 e. The highest BCUT2D eigenvalue weighted by atomic mass is 19.4. The van der Waals surface area contributed by atoms with E-state index >= 15 is 0 Å². The number of halogens is 3. The monoisotopic (exact) mass is 383 g/mol. The van der Waals surface area contributed by atoms with E-state index in [2.05, 4.69) is 34.2 Å². The molecule has 148 valence electrons. The lowest BCUT2D eigenvalue weighted by Gasteiger charge is -2.34. The Bertz CT molecular complexity index is 861. The number of fused-ring (bicyclic) bond motifs is 1. The van der Waals surface area contributed by atoms with Gasteiger partial charge in [-0.15, -0.1) is 5.10 Å². The van der Waals surface area contributed by atoms with Crippen LogP contribution in [0.3, 0.4) is 0 Å². The highest BCUT2D eigenvalue weighted by Gasteiger charge is 2.37. The Labute approximate surface area is 155 Å². The van der Waals surface area contributed by atoms with E-state index in [1.54, 1.807) is 13.8 Å². The number of nitrogens with zero attached hydrogens (tertiary/aromatic N) is 4. The maximum Gasteiger partial charge on any atom is 0.453 e. The molecule has 1 amide bonds. The van der Waals surface area contributed by atoms with Crippen LogP contribution in [-0.4, -0.2) is 31.5 Å². The smallest absolute Gasteiger partial charge is 0.353 e. The van der Waals surface area contributed by atoms with Gasteiger partial charge in [0, 0.05) is 23.0 Å². The van der Waals surface area contributed by atoms with Gasteiger partial charge < -0.3 is 5.32 Å². The average Bonchev–Trinajstić information content (AvgIpc) is 3.00. The molecular formula is C18H24F3N5O. The van der Waals surface area contributed by atoms with Crippen molar-refractivity contribution in [1.82, 2.24) is 24.9 Å². The van der Waals surface area contributed by atoms with E-state index < -0.39 is 12.0 Å². The number of amides is 1. The normalized spacial score (nSPS) is 23.6. The van der Waals surface area contributed by atoms with Gasteiger partial charge >= 0.3 is 6.18 Å². The highest BCUT2D eigenvalue weighted by molar-refractivity contribution is 5.79. The molecule has 0 aromatic carbocycles. The van der Waals surface area contributed by atoms with E-state index in [0.29, 0.717) is 28.8 Å². The Morgan fingerprint density at radius 1 is 1.22 bits per heavy atom. The van der Waals surface area contributed by atoms with E-state index in [1.165, 1.54) is 6.42 Å². The predicted molar refractivity (Wildman–Crippen MR) is 93.1 cm³/mol. The van der Waals surface area contributed by atoms with Gasteiger partial charge in [0.05, 0.1) is 6.42 Å². The number of carbonyl (C=O) groups excluding carboxylic acids is 1. The second-order valence-corrected chi connectivity index (χ2v) is 7.52. The van der Waals surface area contributed by atoms with Crippen LogP contribution >= 0.6 is 0 Å². The molecule has 1 fully saturated rings. The fourth-order valence-electron chi connectivity index (χ4n) is 3.79. The number of nitrogens with one attached hydrogen (secondary N) is 1. The number of carbonyl (C=O) groups is 1. The number of hydrogen-bond donors (Lipinski definition) is 1. The zero-order chi connectivity index (χ0) is 19.9. The SMILES string of the molecule is Cc1nc2nc(C(F)(F)F)nn2c(C)c1CC(=O)NC1CCCC(C)C1C. The molecule has 1 N–H and O–H groups in total. The third kappa shape index (κ3) is 3.91. The Morgan fingerprint density at radius 3 is 2.59 bits per heavy atom. The number of aromatic nitrogens is 4. The molecule has 0 spiro atoms. The summed E-state index contributed by atoms with van der Waals surface area (Å²) < 4.78 is 39.7. The summed E-state index contributed by atoms with van der Waals surface area (Å²) in [6, 6.07) is 0.127. The van der Waals surface area contributed by atoms with Crippen molar-refractivity contribution < 1.29 is 18.0 Å². The summed E-state index contributed by atoms with van der Waals surface area (Å²) in [5.41, 5.74) is 1.51. The molecule has 0 aliphatic heterocycles. The summed E-state index contributed by atoms with van der Waals surface area (Å²) in [6.45, 7) is 7.64. The zero-order valence-electron chi connectivity index (χ0n) is 15.9. The van der Waals surface area contributed by atoms with Crippen LogP contribution in [-0.2, 0) is 17.4 Å². The number of alkyl halides is 3. The third-order valence-corrected chi connectivity index (χ3v) is 5.69. The molecule has 2 heterocycles. The zero-order valence-corrected chi connectivity index (χ0v) is 15.9. The van der Waals surface area contributed by atoms with Crippen molar-refractivity contribution in [3.05, 3.63) is 22.8 Å². The van der Waals surface area contributed by atoms with Crippen LogP contribution in [0.25, 0.3) is 5.78 Å². The molecule has 3 unspecified atom stereocenters. The predicted octanol–water partition coefficient (Wildman–Crippen LogP) is 3.24. The van der Waals surface area contributed by atoms with Gasteiger partial charge in [-0.1, -0.05) is 26.7 Å². The molecule has 3 rings (SSSR count). The minimum absolute atomic E-state index is 0.0550. The van der Waals surface area contributed by atoms with Crippen LogP contribution in [0.15, 0.2) is 0 Å². The molecule has 0 bridgehead atoms. The van der Waals surface area contributed by atoms with Crippen LogP contribution in [0, 0.1) is 25.7 Å². The fourth-order valence-corrected chi connectivity index (χ4v) is 3.79. The van der Waals surface area contributed by atoms with Gasteiger partial charge in [-0.05, 0) is 32.1 Å². The Hall–Kier alpha value is -2.19. The molecule has 0 saturated heterocycles. The molecular weight excluding hydrogens is 359 g/mol. The van der Waals surface area contributed by atoms with E-state index in [9.17, 15) is 18.0 Å². The molecule has 3 atom stereocenters. The van der Waals surface area contributed by atoms with Gasteiger partial charge in [-0.3, -0.25) is 4.79 Å². The molecule has 9 heteroatoms. The molecule has 1 aliphatic rings. The van der Waals surface area contributed by atoms with Gasteiger partial charge in [0.15, 0.2) is 0 Å². The fraction of sp³-hybridized carbons (Fsp3) is 0.667. The van der Waals surface area contributed by atoms with Crippen molar-refractivity contribution in [1.29, 1.82) is 0 Å². The molecule has 6 nitrogen and oxygen atoms in total. The molecule has 1 aliphatic carbocycles. The molecule has 27 heavy (non-hydrogen) atoms. The van der Waals surface area contributed by atoms with Crippen molar-refractivity contribution in [3.8, 4) is 0 Å². The number of rotatable bonds is 3. The molecule has 1 saturated carbocycles. The van der Waals surface area contributed by atoms with Gasteiger partial charge in [-0.2, -0.15) is 18.2 Å². The molecule has 0 radical (unpaired) electrons. The Kier molecular flexibility index (Phi) is 5.14. The first-order chi connectivity index (χ1) is 12.6. The van der Waals surface area contributed by atoms with E-state index in [1.807, 2.05) is 0 Å². The number of hydrogen-bond acceptors (Lipinski definition) is 4. The average molecular weight is 383 g/mol. The quantitative estimate of drug-likeness (QED) is 0.883. The summed E-state index contributed by atoms with van der Waals surface area (Å²) in [6.07, 6.45) is -1.38. The van der Waals surface area contributed by atoms with E-state index in [0.717, 1.165) is 17.4 Å². The standard InChI is InChI=1S/C18H24F3N5O/c1-9-6-5-7-14(10(9)2)23-15(27)8-13-11(3)22-17-24-16(18(19,20)21)25-26(17)12(13)4/h9-10,14H,5-8H2,1-4H3,(H,23,27). The lowest BCUT2D eigenvalue weighted by Crippen LogP contribution is -2.44. The van der Waals surface area contributed by atoms with Gasteiger partial charge in [0.2, 0.25) is 5.91 Å². The first kappa shape index (κ1) is 19.6. The largest absolute Gasteiger partial charge is 0.453 e. The second kappa shape index (κ2) is 7.09. The topological polar surface area (TPSA) is 72.2 Å². The number of aryl methyl sites for hydroxylation is 2. The Morgan fingerprint density at radius 2 is 1.93 bits per heavy atom. The van der Waals surface area contributed by atoms with Crippen LogP contribution in [0.2, 0.25) is 0 Å². The summed E-state index contributed by atoms with van der Waals surface area (Å²) >= 11 is 0. The summed E-state index contributed by atoms with van der Waals surface area (Å²) in [7, 11) is 0. The van der Waals surface area contributed by atoms with Gasteiger partial charge in [0.1, 0.15) is 0 Å². The van der Waals surface area contributed by atoms with Crippen molar-refractivity contribution in [2.75, 3.05) is 0 Å². The molecule has 2 aromatic heterocycles. The first-order valence-electron chi connectivity index (χ1n) is 9.17. The van der Waals surface area contributed by atoms with Crippen LogP contribution in [0.1, 0.15) is 55.9 Å².